The molecule has 2 aromatic carbocycles. The van der Waals surface area contributed by atoms with Crippen molar-refractivity contribution in [2.24, 2.45) is 5.92 Å². The number of aromatic nitrogens is 1. The number of piperidine rings is 1. The first-order valence-corrected chi connectivity index (χ1v) is 12.3. The van der Waals surface area contributed by atoms with Crippen LogP contribution in [0.3, 0.4) is 0 Å². The largest absolute Gasteiger partial charge is 0.349 e. The fraction of sp³-hybridized carbons (Fsp3) is 0.464. The van der Waals surface area contributed by atoms with Gasteiger partial charge in [-0.1, -0.05) is 42.5 Å². The topological polar surface area (TPSA) is 37.3 Å². The van der Waals surface area contributed by atoms with E-state index >= 15 is 0 Å². The Balaban J connectivity index is 1.22. The van der Waals surface area contributed by atoms with Crippen LogP contribution in [0.1, 0.15) is 61.0 Å². The third-order valence-electron chi connectivity index (χ3n) is 7.70. The van der Waals surface area contributed by atoms with Crippen LogP contribution in [0.15, 0.2) is 48.5 Å². The van der Waals surface area contributed by atoms with Crippen molar-refractivity contribution in [3.05, 3.63) is 70.9 Å². The molecule has 1 aliphatic carbocycles. The highest BCUT2D eigenvalue weighted by Crippen LogP contribution is 2.31. The second kappa shape index (κ2) is 9.11. The third kappa shape index (κ3) is 3.97. The van der Waals surface area contributed by atoms with Gasteiger partial charge in [0.25, 0.3) is 0 Å². The second-order valence-electron chi connectivity index (χ2n) is 9.53. The number of aryl methyl sites for hydroxylation is 2. The summed E-state index contributed by atoms with van der Waals surface area (Å²) >= 11 is 0. The number of likely N-dealkylation sites (tertiary alicyclic amines) is 1. The highest BCUT2D eigenvalue weighted by Gasteiger charge is 2.29. The molecule has 4 heteroatoms. The third-order valence-corrected chi connectivity index (χ3v) is 7.70. The summed E-state index contributed by atoms with van der Waals surface area (Å²) in [5, 5.41) is 4.77. The number of hydrogen-bond acceptors (Lipinski definition) is 2. The lowest BCUT2D eigenvalue weighted by Gasteiger charge is -2.33. The SMILES string of the molecule is CCn1c(C)c(CN2CCC(C(=O)N[C@H]3CCCc4ccccc43)CC2)c2ccccc21. The molecule has 1 aliphatic heterocycles. The van der Waals surface area contributed by atoms with E-state index in [1.807, 2.05) is 0 Å². The zero-order valence-corrected chi connectivity index (χ0v) is 19.4. The average molecular weight is 430 g/mol. The smallest absolute Gasteiger partial charge is 0.223 e. The van der Waals surface area contributed by atoms with E-state index in [1.165, 1.54) is 33.3 Å². The van der Waals surface area contributed by atoms with Crippen molar-refractivity contribution in [1.29, 1.82) is 0 Å². The molecule has 1 N–H and O–H groups in total. The normalized spacial score (nSPS) is 19.8. The summed E-state index contributed by atoms with van der Waals surface area (Å²) < 4.78 is 2.42. The zero-order valence-electron chi connectivity index (χ0n) is 19.4. The van der Waals surface area contributed by atoms with E-state index in [-0.39, 0.29) is 17.9 Å². The van der Waals surface area contributed by atoms with Gasteiger partial charge in [-0.05, 0) is 81.8 Å². The van der Waals surface area contributed by atoms with Crippen molar-refractivity contribution >= 4 is 16.8 Å². The van der Waals surface area contributed by atoms with Gasteiger partial charge in [0.2, 0.25) is 5.91 Å². The van der Waals surface area contributed by atoms with Crippen LogP contribution in [0.25, 0.3) is 10.9 Å². The first kappa shape index (κ1) is 21.3. The van der Waals surface area contributed by atoms with Crippen LogP contribution < -0.4 is 5.32 Å². The minimum atomic E-state index is 0.137. The van der Waals surface area contributed by atoms with Crippen molar-refractivity contribution in [2.45, 2.75) is 65.1 Å². The Morgan fingerprint density at radius 3 is 2.59 bits per heavy atom. The quantitative estimate of drug-likeness (QED) is 0.592. The minimum absolute atomic E-state index is 0.137. The highest BCUT2D eigenvalue weighted by atomic mass is 16.1. The molecule has 0 spiro atoms. The Morgan fingerprint density at radius 2 is 1.78 bits per heavy atom. The van der Waals surface area contributed by atoms with Crippen LogP contribution in [0, 0.1) is 12.8 Å². The number of para-hydroxylation sites is 1. The van der Waals surface area contributed by atoms with Crippen LogP contribution in [0.5, 0.6) is 0 Å². The lowest BCUT2D eigenvalue weighted by molar-refractivity contribution is -0.127. The molecule has 1 fully saturated rings. The maximum absolute atomic E-state index is 13.1. The monoisotopic (exact) mass is 429 g/mol. The number of amides is 1. The van der Waals surface area contributed by atoms with Gasteiger partial charge in [0.05, 0.1) is 6.04 Å². The van der Waals surface area contributed by atoms with Gasteiger partial charge < -0.3 is 9.88 Å². The average Bonchev–Trinajstić information content (AvgIpc) is 3.10. The van der Waals surface area contributed by atoms with Gasteiger partial charge in [0.15, 0.2) is 0 Å². The van der Waals surface area contributed by atoms with Gasteiger partial charge in [0, 0.05) is 35.6 Å². The molecule has 0 bridgehead atoms. The standard InChI is InChI=1S/C28H35N3O/c1-3-31-20(2)25(24-12-6-7-14-27(24)31)19-30-17-15-22(16-18-30)28(32)29-26-13-8-10-21-9-4-5-11-23(21)26/h4-7,9,11-12,14,22,26H,3,8,10,13,15-19H2,1-2H3,(H,29,32)/t26-/m0/s1. The molecule has 168 valence electrons. The summed E-state index contributed by atoms with van der Waals surface area (Å²) in [6.45, 7) is 8.43. The molecule has 0 radical (unpaired) electrons. The molecule has 2 aliphatic rings. The molecular weight excluding hydrogens is 394 g/mol. The van der Waals surface area contributed by atoms with E-state index in [0.717, 1.165) is 58.3 Å². The molecule has 1 amide bonds. The molecule has 5 rings (SSSR count). The number of carbonyl (C=O) groups excluding carboxylic acids is 1. The van der Waals surface area contributed by atoms with E-state index in [2.05, 4.69) is 77.2 Å². The van der Waals surface area contributed by atoms with Crippen LogP contribution >= 0.6 is 0 Å². The molecule has 1 atom stereocenters. The molecule has 0 unspecified atom stereocenters. The summed E-state index contributed by atoms with van der Waals surface area (Å²) in [5.41, 5.74) is 6.89. The van der Waals surface area contributed by atoms with Crippen molar-refractivity contribution in [3.63, 3.8) is 0 Å². The summed E-state index contributed by atoms with van der Waals surface area (Å²) in [6.07, 6.45) is 5.25. The van der Waals surface area contributed by atoms with E-state index in [0.29, 0.717) is 0 Å². The predicted molar refractivity (Wildman–Crippen MR) is 131 cm³/mol. The van der Waals surface area contributed by atoms with Gasteiger partial charge in [-0.2, -0.15) is 0 Å². The van der Waals surface area contributed by atoms with E-state index in [1.54, 1.807) is 0 Å². The number of rotatable bonds is 5. The minimum Gasteiger partial charge on any atom is -0.349 e. The number of nitrogens with one attached hydrogen (secondary N) is 1. The maximum atomic E-state index is 13.1. The first-order valence-electron chi connectivity index (χ1n) is 12.3. The zero-order chi connectivity index (χ0) is 22.1. The molecule has 3 aromatic rings. The van der Waals surface area contributed by atoms with Gasteiger partial charge in [-0.3, -0.25) is 9.69 Å². The number of nitrogens with zero attached hydrogens (tertiary/aromatic N) is 2. The molecule has 1 saturated heterocycles. The Kier molecular flexibility index (Phi) is 6.05. The summed E-state index contributed by atoms with van der Waals surface area (Å²) in [4.78, 5) is 15.6. The van der Waals surface area contributed by atoms with Crippen LogP contribution in [0.4, 0.5) is 0 Å². The molecule has 0 saturated carbocycles. The molecule has 32 heavy (non-hydrogen) atoms. The number of benzene rings is 2. The lowest BCUT2D eigenvalue weighted by Crippen LogP contribution is -2.41. The molecular formula is C28H35N3O. The van der Waals surface area contributed by atoms with Gasteiger partial charge in [0.1, 0.15) is 0 Å². The number of carbonyl (C=O) groups is 1. The van der Waals surface area contributed by atoms with Gasteiger partial charge in [-0.25, -0.2) is 0 Å². The maximum Gasteiger partial charge on any atom is 0.223 e. The number of hydrogen-bond donors (Lipinski definition) is 1. The Morgan fingerprint density at radius 1 is 1.03 bits per heavy atom. The van der Waals surface area contributed by atoms with Gasteiger partial charge >= 0.3 is 0 Å². The lowest BCUT2D eigenvalue weighted by atomic mass is 9.87. The fourth-order valence-electron chi connectivity index (χ4n) is 5.88. The first-order chi connectivity index (χ1) is 15.7. The van der Waals surface area contributed by atoms with Crippen LogP contribution in [-0.4, -0.2) is 28.5 Å². The summed E-state index contributed by atoms with van der Waals surface area (Å²) in [5.74, 6) is 0.392. The predicted octanol–water partition coefficient (Wildman–Crippen LogP) is 5.38. The number of fused-ring (bicyclic) bond motifs is 2. The summed E-state index contributed by atoms with van der Waals surface area (Å²) in [7, 11) is 0. The second-order valence-corrected chi connectivity index (χ2v) is 9.53. The Bertz CT molecular complexity index is 1110. The highest BCUT2D eigenvalue weighted by molar-refractivity contribution is 5.85. The van der Waals surface area contributed by atoms with E-state index < -0.39 is 0 Å². The van der Waals surface area contributed by atoms with Crippen LogP contribution in [0.2, 0.25) is 0 Å². The van der Waals surface area contributed by atoms with Gasteiger partial charge in [-0.15, -0.1) is 0 Å². The summed E-state index contributed by atoms with van der Waals surface area (Å²) in [6, 6.07) is 17.6. The van der Waals surface area contributed by atoms with E-state index in [4.69, 9.17) is 0 Å². The van der Waals surface area contributed by atoms with Crippen LogP contribution in [-0.2, 0) is 24.3 Å². The molecule has 2 heterocycles. The molecule has 1 aromatic heterocycles. The Hall–Kier alpha value is -2.59. The molecule has 4 nitrogen and oxygen atoms in total. The fourth-order valence-corrected chi connectivity index (χ4v) is 5.88. The van der Waals surface area contributed by atoms with E-state index in [9.17, 15) is 4.79 Å². The van der Waals surface area contributed by atoms with Crippen molar-refractivity contribution in [3.8, 4) is 0 Å². The van der Waals surface area contributed by atoms with Crippen molar-refractivity contribution < 1.29 is 4.79 Å². The van der Waals surface area contributed by atoms with Crippen molar-refractivity contribution in [2.75, 3.05) is 13.1 Å². The van der Waals surface area contributed by atoms with Crippen molar-refractivity contribution in [1.82, 2.24) is 14.8 Å². The Labute approximate surface area is 191 Å².